The fraction of sp³-hybridized carbons (Fsp3) is 0.263. The molecule has 1 aromatic carbocycles. The zero-order chi connectivity index (χ0) is 24.3. The maximum Gasteiger partial charge on any atom is 0.459 e. The fourth-order valence-corrected chi connectivity index (χ4v) is 4.76. The van der Waals surface area contributed by atoms with Crippen LogP contribution in [-0.4, -0.2) is 45.1 Å². The van der Waals surface area contributed by atoms with Crippen molar-refractivity contribution >= 4 is 43.4 Å². The quantitative estimate of drug-likeness (QED) is 0.374. The Morgan fingerprint density at radius 1 is 1.09 bits per heavy atom. The second-order valence-electron chi connectivity index (χ2n) is 7.05. The lowest BCUT2D eigenvalue weighted by Gasteiger charge is -2.17. The van der Waals surface area contributed by atoms with Crippen molar-refractivity contribution in [3.63, 3.8) is 0 Å². The van der Waals surface area contributed by atoms with Crippen LogP contribution in [0.25, 0.3) is 33.5 Å². The summed E-state index contributed by atoms with van der Waals surface area (Å²) in [4.78, 5) is 8.07. The maximum absolute atomic E-state index is 13.7. The second-order valence-corrected chi connectivity index (χ2v) is 9.67. The molecule has 0 amide bonds. The average Bonchev–Trinajstić information content (AvgIpc) is 3.08. The number of sulfone groups is 1. The lowest BCUT2D eigenvalue weighted by molar-refractivity contribution is -0.291. The van der Waals surface area contributed by atoms with Crippen molar-refractivity contribution < 1.29 is 30.4 Å². The monoisotopic (exact) mass is 505 g/mol. The van der Waals surface area contributed by atoms with Crippen molar-refractivity contribution in [1.82, 2.24) is 24.7 Å². The summed E-state index contributed by atoms with van der Waals surface area (Å²) in [6.07, 6.45) is -4.55. The first kappa shape index (κ1) is 23.2. The van der Waals surface area contributed by atoms with Gasteiger partial charge >= 0.3 is 12.1 Å². The first-order valence-corrected chi connectivity index (χ1v) is 11.3. The summed E-state index contributed by atoms with van der Waals surface area (Å²) in [7, 11) is -2.52. The number of nitrogens with zero attached hydrogens (tertiary/aromatic N) is 5. The highest BCUT2D eigenvalue weighted by Crippen LogP contribution is 2.43. The lowest BCUT2D eigenvalue weighted by Crippen LogP contribution is -2.34. The first-order valence-electron chi connectivity index (χ1n) is 9.25. The molecular formula is C19H13ClF5N5O2S. The van der Waals surface area contributed by atoms with E-state index < -0.39 is 27.6 Å². The average molecular weight is 506 g/mol. The molecule has 4 rings (SSSR count). The minimum atomic E-state index is -5.88. The van der Waals surface area contributed by atoms with Gasteiger partial charge in [-0.3, -0.25) is 4.98 Å². The van der Waals surface area contributed by atoms with Crippen LogP contribution < -0.4 is 0 Å². The standard InChI is InChI=1S/C19H13ClF5N5O2S/c1-3-33(31,32)15-9-5-4-6-11(20)10(9)8-26-14(15)17-27-12-7-13(18(21,22)19(23,24)25)28-29-16(12)30(17)2/h4-8H,3H2,1-2H3. The Hall–Kier alpha value is -2.93. The van der Waals surface area contributed by atoms with E-state index in [1.807, 2.05) is 0 Å². The van der Waals surface area contributed by atoms with E-state index >= 15 is 0 Å². The highest BCUT2D eigenvalue weighted by Gasteiger charge is 2.60. The third kappa shape index (κ3) is 3.59. The van der Waals surface area contributed by atoms with Crippen molar-refractivity contribution in [2.45, 2.75) is 23.9 Å². The Morgan fingerprint density at radius 3 is 2.42 bits per heavy atom. The van der Waals surface area contributed by atoms with E-state index in [9.17, 15) is 30.4 Å². The number of benzene rings is 1. The predicted molar refractivity (Wildman–Crippen MR) is 110 cm³/mol. The Balaban J connectivity index is 2.03. The molecule has 0 N–H and O–H groups in total. The van der Waals surface area contributed by atoms with E-state index in [2.05, 4.69) is 20.2 Å². The van der Waals surface area contributed by atoms with Crippen LogP contribution in [-0.2, 0) is 22.8 Å². The zero-order valence-corrected chi connectivity index (χ0v) is 18.4. The van der Waals surface area contributed by atoms with Gasteiger partial charge in [-0.1, -0.05) is 30.7 Å². The summed E-state index contributed by atoms with van der Waals surface area (Å²) in [5.41, 5.74) is -2.24. The molecule has 3 aromatic heterocycles. The van der Waals surface area contributed by atoms with E-state index in [0.29, 0.717) is 11.5 Å². The third-order valence-corrected chi connectivity index (χ3v) is 7.16. The Bertz CT molecular complexity index is 1520. The summed E-state index contributed by atoms with van der Waals surface area (Å²) in [6, 6.07) is 5.10. The van der Waals surface area contributed by atoms with E-state index in [4.69, 9.17) is 11.6 Å². The van der Waals surface area contributed by atoms with E-state index in [-0.39, 0.29) is 43.7 Å². The number of halogens is 6. The summed E-state index contributed by atoms with van der Waals surface area (Å²) < 4.78 is 92.8. The van der Waals surface area contributed by atoms with Crippen molar-refractivity contribution in [3.8, 4) is 11.5 Å². The molecule has 0 saturated carbocycles. The third-order valence-electron chi connectivity index (χ3n) is 5.03. The number of hydrogen-bond acceptors (Lipinski definition) is 6. The molecule has 174 valence electrons. The number of fused-ring (bicyclic) bond motifs is 2. The van der Waals surface area contributed by atoms with Gasteiger partial charge in [-0.25, -0.2) is 13.4 Å². The Labute approximate surface area is 188 Å². The van der Waals surface area contributed by atoms with Crippen molar-refractivity contribution in [3.05, 3.63) is 41.2 Å². The first-order chi connectivity index (χ1) is 15.3. The molecule has 14 heteroatoms. The van der Waals surface area contributed by atoms with Gasteiger partial charge in [0.1, 0.15) is 21.8 Å². The number of imidazole rings is 1. The molecule has 0 radical (unpaired) electrons. The lowest BCUT2D eigenvalue weighted by atomic mass is 10.1. The van der Waals surface area contributed by atoms with E-state index in [1.54, 1.807) is 12.1 Å². The molecule has 0 spiro atoms. The summed E-state index contributed by atoms with van der Waals surface area (Å²) in [5, 5.41) is 7.37. The summed E-state index contributed by atoms with van der Waals surface area (Å²) in [6.45, 7) is 1.42. The van der Waals surface area contributed by atoms with Gasteiger partial charge in [0.2, 0.25) is 0 Å². The molecule has 33 heavy (non-hydrogen) atoms. The highest BCUT2D eigenvalue weighted by molar-refractivity contribution is 7.91. The summed E-state index contributed by atoms with van der Waals surface area (Å²) >= 11 is 6.18. The molecule has 0 atom stereocenters. The van der Waals surface area contributed by atoms with E-state index in [1.165, 1.54) is 30.8 Å². The molecule has 3 heterocycles. The van der Waals surface area contributed by atoms with E-state index in [0.717, 1.165) is 0 Å². The fourth-order valence-electron chi connectivity index (χ4n) is 3.30. The number of alkyl halides is 5. The van der Waals surface area contributed by atoms with Gasteiger partial charge in [-0.05, 0) is 12.1 Å². The molecule has 0 bridgehead atoms. The molecule has 0 saturated heterocycles. The van der Waals surface area contributed by atoms with Crippen molar-refractivity contribution in [2.24, 2.45) is 7.05 Å². The molecule has 0 aliphatic carbocycles. The molecule has 0 aliphatic heterocycles. The van der Waals surface area contributed by atoms with Gasteiger partial charge in [0, 0.05) is 29.0 Å². The molecule has 4 aromatic rings. The van der Waals surface area contributed by atoms with Crippen LogP contribution >= 0.6 is 11.6 Å². The number of rotatable bonds is 4. The normalized spacial score (nSPS) is 13.2. The largest absolute Gasteiger partial charge is 0.459 e. The van der Waals surface area contributed by atoms with Crippen molar-refractivity contribution in [1.29, 1.82) is 0 Å². The van der Waals surface area contributed by atoms with Crippen LogP contribution in [0.3, 0.4) is 0 Å². The van der Waals surface area contributed by atoms with Gasteiger partial charge < -0.3 is 4.57 Å². The van der Waals surface area contributed by atoms with Crippen LogP contribution in [0.1, 0.15) is 12.6 Å². The second kappa shape index (κ2) is 7.55. The number of hydrogen-bond donors (Lipinski definition) is 0. The molecular weight excluding hydrogens is 493 g/mol. The smallest absolute Gasteiger partial charge is 0.309 e. The molecule has 7 nitrogen and oxygen atoms in total. The van der Waals surface area contributed by atoms with Crippen LogP contribution in [0.4, 0.5) is 22.0 Å². The van der Waals surface area contributed by atoms with Gasteiger partial charge in [0.15, 0.2) is 21.3 Å². The molecule has 0 unspecified atom stereocenters. The minimum absolute atomic E-state index is 0.110. The Kier molecular flexibility index (Phi) is 5.32. The number of aromatic nitrogens is 5. The van der Waals surface area contributed by atoms with Crippen LogP contribution in [0, 0.1) is 0 Å². The van der Waals surface area contributed by atoms with Gasteiger partial charge in [-0.2, -0.15) is 22.0 Å². The maximum atomic E-state index is 13.7. The number of pyridine rings is 1. The Morgan fingerprint density at radius 2 is 1.79 bits per heavy atom. The zero-order valence-electron chi connectivity index (χ0n) is 16.8. The molecule has 0 fully saturated rings. The predicted octanol–water partition coefficient (Wildman–Crippen LogP) is 4.68. The topological polar surface area (TPSA) is 90.6 Å². The van der Waals surface area contributed by atoms with Gasteiger partial charge in [0.05, 0.1) is 5.75 Å². The molecule has 0 aliphatic rings. The summed E-state index contributed by atoms with van der Waals surface area (Å²) in [5.74, 6) is -5.65. The number of aryl methyl sites for hydroxylation is 1. The minimum Gasteiger partial charge on any atom is -0.309 e. The van der Waals surface area contributed by atoms with Crippen LogP contribution in [0.5, 0.6) is 0 Å². The highest BCUT2D eigenvalue weighted by atomic mass is 35.5. The SMILES string of the molecule is CCS(=O)(=O)c1c(-c2nc3cc(C(F)(F)C(F)(F)F)nnc3n2C)ncc2c(Cl)cccc12. The van der Waals surface area contributed by atoms with Crippen molar-refractivity contribution in [2.75, 3.05) is 5.75 Å². The van der Waals surface area contributed by atoms with Crippen LogP contribution in [0.15, 0.2) is 35.4 Å². The van der Waals surface area contributed by atoms with Crippen LogP contribution in [0.2, 0.25) is 5.02 Å². The van der Waals surface area contributed by atoms with Gasteiger partial charge in [0.25, 0.3) is 0 Å². The van der Waals surface area contributed by atoms with Gasteiger partial charge in [-0.15, -0.1) is 10.2 Å².